The molecule has 0 aliphatic rings. The van der Waals surface area contributed by atoms with E-state index < -0.39 is 22.7 Å². The summed E-state index contributed by atoms with van der Waals surface area (Å²) in [5, 5.41) is 10.5. The van der Waals surface area contributed by atoms with Crippen LogP contribution in [0.25, 0.3) is 0 Å². The molecule has 1 rings (SSSR count). The number of halogens is 3. The number of nitro groups is 1. The minimum Gasteiger partial charge on any atom is -0.325 e. The van der Waals surface area contributed by atoms with Gasteiger partial charge in [-0.05, 0) is 28.7 Å². The van der Waals surface area contributed by atoms with Crippen LogP contribution in [0.15, 0.2) is 6.07 Å². The average Bonchev–Trinajstić information content (AvgIpc) is 2.15. The predicted octanol–water partition coefficient (Wildman–Crippen LogP) is 1.99. The second kappa shape index (κ2) is 4.75. The molecule has 0 aliphatic carbocycles. The number of hydrogen-bond donors (Lipinski definition) is 1. The number of aromatic nitrogens is 1. The molecule has 0 spiro atoms. The van der Waals surface area contributed by atoms with Crippen molar-refractivity contribution < 1.29 is 13.7 Å². The van der Waals surface area contributed by atoms with Gasteiger partial charge in [0.2, 0.25) is 0 Å². The Morgan fingerprint density at radius 2 is 2.27 bits per heavy atom. The second-order valence-electron chi connectivity index (χ2n) is 2.59. The van der Waals surface area contributed by atoms with Gasteiger partial charge < -0.3 is 5.73 Å². The van der Waals surface area contributed by atoms with Gasteiger partial charge in [0.15, 0.2) is 5.69 Å². The summed E-state index contributed by atoms with van der Waals surface area (Å²) in [6.07, 6.45) is -2.98. The molecule has 0 saturated carbocycles. The zero-order valence-corrected chi connectivity index (χ0v) is 9.44. The van der Waals surface area contributed by atoms with Crippen LogP contribution in [0.5, 0.6) is 0 Å². The maximum absolute atomic E-state index is 12.5. The van der Waals surface area contributed by atoms with Gasteiger partial charge in [-0.1, -0.05) is 0 Å². The molecule has 1 aromatic heterocycles. The first-order valence-electron chi connectivity index (χ1n) is 3.79. The average molecular weight is 329 g/mol. The summed E-state index contributed by atoms with van der Waals surface area (Å²) in [6.45, 7) is -0.0340. The Morgan fingerprint density at radius 1 is 1.67 bits per heavy atom. The molecule has 0 radical (unpaired) electrons. The third kappa shape index (κ3) is 2.56. The van der Waals surface area contributed by atoms with Crippen LogP contribution in [0.4, 0.5) is 14.5 Å². The number of nitrogens with two attached hydrogens (primary N) is 1. The highest BCUT2D eigenvalue weighted by atomic mass is 127. The minimum atomic E-state index is -2.98. The molecule has 5 nitrogen and oxygen atoms in total. The lowest BCUT2D eigenvalue weighted by atomic mass is 10.2. The smallest absolute Gasteiger partial charge is 0.309 e. The van der Waals surface area contributed by atoms with E-state index in [9.17, 15) is 18.9 Å². The van der Waals surface area contributed by atoms with Gasteiger partial charge in [-0.2, -0.15) is 0 Å². The van der Waals surface area contributed by atoms with Crippen LogP contribution in [-0.2, 0) is 6.54 Å². The molecule has 8 heteroatoms. The Bertz CT molecular complexity index is 400. The highest BCUT2D eigenvalue weighted by Crippen LogP contribution is 2.31. The molecule has 82 valence electrons. The van der Waals surface area contributed by atoms with E-state index in [0.29, 0.717) is 0 Å². The fourth-order valence-electron chi connectivity index (χ4n) is 1.01. The Labute approximate surface area is 97.0 Å². The molecule has 1 heterocycles. The van der Waals surface area contributed by atoms with Gasteiger partial charge in [-0.15, -0.1) is 0 Å². The maximum Gasteiger partial charge on any atom is 0.309 e. The van der Waals surface area contributed by atoms with Crippen LogP contribution in [-0.4, -0.2) is 9.91 Å². The first-order chi connectivity index (χ1) is 6.97. The number of alkyl halides is 2. The van der Waals surface area contributed by atoms with Gasteiger partial charge >= 0.3 is 5.69 Å². The monoisotopic (exact) mass is 329 g/mol. The number of rotatable bonds is 3. The van der Waals surface area contributed by atoms with Crippen LogP contribution >= 0.6 is 22.6 Å². The molecule has 0 fully saturated rings. The third-order valence-corrected chi connectivity index (χ3v) is 2.45. The van der Waals surface area contributed by atoms with Gasteiger partial charge in [-0.3, -0.25) is 10.1 Å². The summed E-state index contributed by atoms with van der Waals surface area (Å²) in [5.41, 5.74) is 3.97. The maximum atomic E-state index is 12.5. The molecule has 0 aromatic carbocycles. The lowest BCUT2D eigenvalue weighted by molar-refractivity contribution is -0.387. The minimum absolute atomic E-state index is 0.0340. The largest absolute Gasteiger partial charge is 0.325 e. The van der Waals surface area contributed by atoms with Crippen molar-refractivity contribution >= 4 is 28.3 Å². The summed E-state index contributed by atoms with van der Waals surface area (Å²) >= 11 is 1.61. The SMILES string of the molecule is NCc1cc(I)c([N+](=O)[O-])c(C(F)F)n1. The standard InChI is InChI=1S/C7H6F2IN3O2/c8-7(9)5-6(13(14)15)4(10)1-3(2-11)12-5/h1,7H,2,11H2. The van der Waals surface area contributed by atoms with E-state index in [0.717, 1.165) is 0 Å². The number of pyridine rings is 1. The molecule has 0 unspecified atom stereocenters. The summed E-state index contributed by atoms with van der Waals surface area (Å²) in [7, 11) is 0. The third-order valence-electron chi connectivity index (χ3n) is 1.62. The highest BCUT2D eigenvalue weighted by molar-refractivity contribution is 14.1. The van der Waals surface area contributed by atoms with E-state index >= 15 is 0 Å². The Kier molecular flexibility index (Phi) is 3.85. The van der Waals surface area contributed by atoms with Gasteiger partial charge in [0.05, 0.1) is 14.2 Å². The first-order valence-corrected chi connectivity index (χ1v) is 4.87. The first kappa shape index (κ1) is 12.2. The molecule has 0 saturated heterocycles. The van der Waals surface area contributed by atoms with E-state index in [4.69, 9.17) is 5.73 Å². The zero-order valence-electron chi connectivity index (χ0n) is 7.28. The van der Waals surface area contributed by atoms with E-state index in [2.05, 4.69) is 4.98 Å². The van der Waals surface area contributed by atoms with Crippen LogP contribution in [0.2, 0.25) is 0 Å². The molecule has 0 aliphatic heterocycles. The van der Waals surface area contributed by atoms with Crippen molar-refractivity contribution in [3.63, 3.8) is 0 Å². The van der Waals surface area contributed by atoms with Crippen molar-refractivity contribution in [1.82, 2.24) is 4.98 Å². The van der Waals surface area contributed by atoms with Crippen molar-refractivity contribution in [3.05, 3.63) is 31.1 Å². The highest BCUT2D eigenvalue weighted by Gasteiger charge is 2.27. The van der Waals surface area contributed by atoms with Crippen LogP contribution in [0.1, 0.15) is 17.8 Å². The predicted molar refractivity (Wildman–Crippen MR) is 56.5 cm³/mol. The summed E-state index contributed by atoms with van der Waals surface area (Å²) < 4.78 is 25.1. The Hall–Kier alpha value is -0.900. The van der Waals surface area contributed by atoms with Gasteiger partial charge in [0.25, 0.3) is 6.43 Å². The molecule has 0 bridgehead atoms. The summed E-state index contributed by atoms with van der Waals surface area (Å²) in [5.74, 6) is 0. The van der Waals surface area contributed by atoms with Crippen LogP contribution < -0.4 is 5.73 Å². The van der Waals surface area contributed by atoms with E-state index in [1.165, 1.54) is 6.07 Å². The van der Waals surface area contributed by atoms with Gasteiger partial charge in [0, 0.05) is 6.54 Å². The van der Waals surface area contributed by atoms with Crippen molar-refractivity contribution in [2.24, 2.45) is 5.73 Å². The fourth-order valence-corrected chi connectivity index (χ4v) is 1.85. The lowest BCUT2D eigenvalue weighted by Crippen LogP contribution is -2.07. The zero-order chi connectivity index (χ0) is 11.6. The normalized spacial score (nSPS) is 10.7. The number of hydrogen-bond acceptors (Lipinski definition) is 4. The van der Waals surface area contributed by atoms with E-state index in [1.54, 1.807) is 22.6 Å². The molecule has 1 aromatic rings. The fraction of sp³-hybridized carbons (Fsp3) is 0.286. The van der Waals surface area contributed by atoms with Crippen molar-refractivity contribution in [1.29, 1.82) is 0 Å². The van der Waals surface area contributed by atoms with Crippen LogP contribution in [0, 0.1) is 13.7 Å². The van der Waals surface area contributed by atoms with Crippen molar-refractivity contribution in [2.75, 3.05) is 0 Å². The topological polar surface area (TPSA) is 82.0 Å². The molecule has 2 N–H and O–H groups in total. The van der Waals surface area contributed by atoms with Gasteiger partial charge in [-0.25, -0.2) is 13.8 Å². The Balaban J connectivity index is 3.42. The van der Waals surface area contributed by atoms with Crippen LogP contribution in [0.3, 0.4) is 0 Å². The van der Waals surface area contributed by atoms with E-state index in [1.807, 2.05) is 0 Å². The molecule has 0 atom stereocenters. The lowest BCUT2D eigenvalue weighted by Gasteiger charge is -2.05. The molecule has 0 amide bonds. The molecular formula is C7H6F2IN3O2. The van der Waals surface area contributed by atoms with Gasteiger partial charge in [0.1, 0.15) is 0 Å². The van der Waals surface area contributed by atoms with Crippen molar-refractivity contribution in [2.45, 2.75) is 13.0 Å². The Morgan fingerprint density at radius 3 is 2.67 bits per heavy atom. The quantitative estimate of drug-likeness (QED) is 0.522. The molecule has 15 heavy (non-hydrogen) atoms. The number of nitrogens with zero attached hydrogens (tertiary/aromatic N) is 2. The van der Waals surface area contributed by atoms with E-state index in [-0.39, 0.29) is 15.8 Å². The summed E-state index contributed by atoms with van der Waals surface area (Å²) in [6, 6.07) is 1.32. The molecular weight excluding hydrogens is 323 g/mol. The van der Waals surface area contributed by atoms with Crippen molar-refractivity contribution in [3.8, 4) is 0 Å². The second-order valence-corrected chi connectivity index (χ2v) is 3.75. The summed E-state index contributed by atoms with van der Waals surface area (Å²) in [4.78, 5) is 13.1.